The largest absolute Gasteiger partial charge is 0.407 e. The molecule has 2 aromatic rings. The van der Waals surface area contributed by atoms with E-state index in [9.17, 15) is 9.59 Å². The van der Waals surface area contributed by atoms with Crippen LogP contribution in [0.15, 0.2) is 17.7 Å². The van der Waals surface area contributed by atoms with E-state index in [0.29, 0.717) is 34.8 Å². The molecule has 156 valence electrons. The number of hydrogen-bond acceptors (Lipinski definition) is 4. The molecule has 5 nitrogen and oxygen atoms in total. The Kier molecular flexibility index (Phi) is 7.42. The van der Waals surface area contributed by atoms with Crippen LogP contribution in [0.2, 0.25) is 5.02 Å². The van der Waals surface area contributed by atoms with Crippen molar-refractivity contribution in [2.45, 2.75) is 67.9 Å². The number of carbonyl (C=O) groups is 2. The number of aromatic nitrogens is 2. The molecule has 0 bridgehead atoms. The van der Waals surface area contributed by atoms with Gasteiger partial charge >= 0.3 is 5.97 Å². The number of halogens is 1. The first-order valence-corrected chi connectivity index (χ1v) is 10.3. The van der Waals surface area contributed by atoms with Gasteiger partial charge in [0.2, 0.25) is 11.7 Å². The fourth-order valence-electron chi connectivity index (χ4n) is 3.27. The number of rotatable bonds is 7. The van der Waals surface area contributed by atoms with Gasteiger partial charge in [0.05, 0.1) is 5.69 Å². The molecular formula is C23H29ClN2O3. The van der Waals surface area contributed by atoms with Crippen molar-refractivity contribution in [2.24, 2.45) is 0 Å². The van der Waals surface area contributed by atoms with Crippen LogP contribution in [0.1, 0.15) is 80.2 Å². The van der Waals surface area contributed by atoms with E-state index in [1.165, 1.54) is 0 Å². The van der Waals surface area contributed by atoms with Gasteiger partial charge in [0.25, 0.3) is 0 Å². The van der Waals surface area contributed by atoms with E-state index >= 15 is 0 Å². The second kappa shape index (κ2) is 9.40. The predicted molar refractivity (Wildman–Crippen MR) is 117 cm³/mol. The number of benzene rings is 1. The zero-order chi connectivity index (χ0) is 21.9. The van der Waals surface area contributed by atoms with E-state index in [-0.39, 0.29) is 24.1 Å². The molecule has 6 heteroatoms. The van der Waals surface area contributed by atoms with Crippen LogP contribution in [-0.4, -0.2) is 21.5 Å². The van der Waals surface area contributed by atoms with E-state index in [1.54, 1.807) is 23.7 Å². The van der Waals surface area contributed by atoms with Crippen molar-refractivity contribution >= 4 is 28.9 Å². The fourth-order valence-corrected chi connectivity index (χ4v) is 3.62. The number of nitrogens with zero attached hydrogens (tertiary/aromatic N) is 2. The first-order chi connectivity index (χ1) is 13.6. The van der Waals surface area contributed by atoms with Gasteiger partial charge in [-0.25, -0.2) is 4.68 Å². The molecule has 0 fully saturated rings. The predicted octanol–water partition coefficient (Wildman–Crippen LogP) is 5.92. The van der Waals surface area contributed by atoms with Gasteiger partial charge in [-0.2, -0.15) is 5.10 Å². The van der Waals surface area contributed by atoms with Crippen LogP contribution < -0.4 is 4.74 Å². The second-order valence-corrected chi connectivity index (χ2v) is 7.76. The Hall–Kier alpha value is -2.40. The summed E-state index contributed by atoms with van der Waals surface area (Å²) in [5, 5.41) is 5.01. The molecule has 2 rings (SSSR count). The SMILES string of the molecule is CCCC(=O)Oc1c(C(=O)c2ccc(Cl)c(C(C)=C(C)C)c2C)c(C)nn1CC. The number of ketones is 1. The third kappa shape index (κ3) is 4.61. The Morgan fingerprint density at radius 2 is 1.76 bits per heavy atom. The molecule has 0 spiro atoms. The average molecular weight is 417 g/mol. The smallest absolute Gasteiger partial charge is 0.312 e. The Morgan fingerprint density at radius 3 is 2.31 bits per heavy atom. The standard InChI is InChI=1S/C23H29ClN2O3/c1-8-10-19(27)29-23-21(16(7)25-26(23)9-2)22(28)17-11-12-18(24)20(15(17)6)14(5)13(3)4/h11-12H,8-10H2,1-7H3. The summed E-state index contributed by atoms with van der Waals surface area (Å²) < 4.78 is 7.12. The lowest BCUT2D eigenvalue weighted by Crippen LogP contribution is -2.14. The molecular weight excluding hydrogens is 388 g/mol. The highest BCUT2D eigenvalue weighted by molar-refractivity contribution is 6.32. The van der Waals surface area contributed by atoms with Crippen LogP contribution in [-0.2, 0) is 11.3 Å². The summed E-state index contributed by atoms with van der Waals surface area (Å²) >= 11 is 6.45. The van der Waals surface area contributed by atoms with E-state index in [4.69, 9.17) is 16.3 Å². The van der Waals surface area contributed by atoms with Gasteiger partial charge in [-0.05, 0) is 76.8 Å². The summed E-state index contributed by atoms with van der Waals surface area (Å²) in [5.74, 6) is -0.383. The van der Waals surface area contributed by atoms with Crippen LogP contribution >= 0.6 is 11.6 Å². The normalized spacial score (nSPS) is 10.8. The van der Waals surface area contributed by atoms with Gasteiger partial charge in [-0.15, -0.1) is 0 Å². The van der Waals surface area contributed by atoms with Crippen molar-refractivity contribution < 1.29 is 14.3 Å². The molecule has 0 amide bonds. The molecule has 1 aromatic carbocycles. The second-order valence-electron chi connectivity index (χ2n) is 7.35. The van der Waals surface area contributed by atoms with Crippen LogP contribution in [0.5, 0.6) is 5.88 Å². The lowest BCUT2D eigenvalue weighted by Gasteiger charge is -2.15. The van der Waals surface area contributed by atoms with Crippen molar-refractivity contribution in [1.29, 1.82) is 0 Å². The molecule has 29 heavy (non-hydrogen) atoms. The Balaban J connectivity index is 2.65. The monoisotopic (exact) mass is 416 g/mol. The molecule has 0 aliphatic carbocycles. The van der Waals surface area contributed by atoms with Gasteiger partial charge in [0.15, 0.2) is 0 Å². The van der Waals surface area contributed by atoms with Crippen LogP contribution in [0.4, 0.5) is 0 Å². The summed E-state index contributed by atoms with van der Waals surface area (Å²) in [6.45, 7) is 14.0. The highest BCUT2D eigenvalue weighted by atomic mass is 35.5. The summed E-state index contributed by atoms with van der Waals surface area (Å²) in [7, 11) is 0. The highest BCUT2D eigenvalue weighted by Gasteiger charge is 2.27. The number of carbonyl (C=O) groups excluding carboxylic acids is 2. The molecule has 1 aromatic heterocycles. The molecule has 0 saturated heterocycles. The Bertz CT molecular complexity index is 982. The number of aryl methyl sites for hydroxylation is 2. The fraction of sp³-hybridized carbons (Fsp3) is 0.435. The number of hydrogen-bond donors (Lipinski definition) is 0. The van der Waals surface area contributed by atoms with E-state index < -0.39 is 0 Å². The van der Waals surface area contributed by atoms with Crippen molar-refractivity contribution in [3.05, 3.63) is 50.7 Å². The van der Waals surface area contributed by atoms with Crippen LogP contribution in [0.25, 0.3) is 5.57 Å². The number of allylic oxidation sites excluding steroid dienone is 2. The van der Waals surface area contributed by atoms with Crippen molar-refractivity contribution in [1.82, 2.24) is 9.78 Å². The molecule has 0 saturated carbocycles. The summed E-state index contributed by atoms with van der Waals surface area (Å²) in [6.07, 6.45) is 0.953. The lowest BCUT2D eigenvalue weighted by molar-refractivity contribution is -0.134. The maximum atomic E-state index is 13.5. The van der Waals surface area contributed by atoms with E-state index in [2.05, 4.69) is 5.10 Å². The van der Waals surface area contributed by atoms with Gasteiger partial charge in [0, 0.05) is 23.6 Å². The summed E-state index contributed by atoms with van der Waals surface area (Å²) in [6, 6.07) is 3.47. The minimum Gasteiger partial charge on any atom is -0.407 e. The lowest BCUT2D eigenvalue weighted by atomic mass is 9.91. The molecule has 1 heterocycles. The molecule has 0 aliphatic heterocycles. The molecule has 0 atom stereocenters. The van der Waals surface area contributed by atoms with Crippen LogP contribution in [0.3, 0.4) is 0 Å². The zero-order valence-corrected chi connectivity index (χ0v) is 19.0. The van der Waals surface area contributed by atoms with E-state index in [1.807, 2.05) is 41.5 Å². The quantitative estimate of drug-likeness (QED) is 0.415. The van der Waals surface area contributed by atoms with Gasteiger partial charge in [0.1, 0.15) is 5.56 Å². The Morgan fingerprint density at radius 1 is 1.10 bits per heavy atom. The van der Waals surface area contributed by atoms with Crippen molar-refractivity contribution in [3.63, 3.8) is 0 Å². The maximum absolute atomic E-state index is 13.5. The number of ether oxygens (including phenoxy) is 1. The minimum absolute atomic E-state index is 0.211. The zero-order valence-electron chi connectivity index (χ0n) is 18.3. The molecule has 0 unspecified atom stereocenters. The number of esters is 1. The third-order valence-corrected chi connectivity index (χ3v) is 5.37. The maximum Gasteiger partial charge on any atom is 0.312 e. The average Bonchev–Trinajstić information content (AvgIpc) is 2.96. The summed E-state index contributed by atoms with van der Waals surface area (Å²) in [5.41, 5.74) is 5.21. The van der Waals surface area contributed by atoms with Gasteiger partial charge in [-0.1, -0.05) is 24.1 Å². The molecule has 0 N–H and O–H groups in total. The first kappa shape index (κ1) is 22.9. The van der Waals surface area contributed by atoms with Crippen molar-refractivity contribution in [2.75, 3.05) is 0 Å². The van der Waals surface area contributed by atoms with Crippen LogP contribution in [0, 0.1) is 13.8 Å². The van der Waals surface area contributed by atoms with Gasteiger partial charge < -0.3 is 4.74 Å². The summed E-state index contributed by atoms with van der Waals surface area (Å²) in [4.78, 5) is 25.7. The van der Waals surface area contributed by atoms with Gasteiger partial charge in [-0.3, -0.25) is 9.59 Å². The Labute approximate surface area is 177 Å². The molecule has 0 radical (unpaired) electrons. The third-order valence-electron chi connectivity index (χ3n) is 5.06. The minimum atomic E-state index is -0.370. The topological polar surface area (TPSA) is 61.2 Å². The van der Waals surface area contributed by atoms with Crippen molar-refractivity contribution in [3.8, 4) is 5.88 Å². The van der Waals surface area contributed by atoms with E-state index in [0.717, 1.165) is 22.3 Å². The highest BCUT2D eigenvalue weighted by Crippen LogP contribution is 2.34. The molecule has 0 aliphatic rings. The first-order valence-electron chi connectivity index (χ1n) is 9.90.